The second-order valence-electron chi connectivity index (χ2n) is 10.3. The van der Waals surface area contributed by atoms with Crippen LogP contribution in [0.4, 0.5) is 0 Å². The van der Waals surface area contributed by atoms with E-state index in [0.717, 1.165) is 19.3 Å². The van der Waals surface area contributed by atoms with Crippen molar-refractivity contribution in [1.29, 1.82) is 0 Å². The van der Waals surface area contributed by atoms with Crippen LogP contribution in [0.1, 0.15) is 79.1 Å². The van der Waals surface area contributed by atoms with Gasteiger partial charge < -0.3 is 14.9 Å². The lowest BCUT2D eigenvalue weighted by atomic mass is 9.50. The summed E-state index contributed by atoms with van der Waals surface area (Å²) in [5.41, 5.74) is 3.27. The fourth-order valence-corrected chi connectivity index (χ4v) is 6.01. The molecule has 6 atom stereocenters. The van der Waals surface area contributed by atoms with Crippen molar-refractivity contribution in [3.63, 3.8) is 0 Å². The molecule has 2 aliphatic carbocycles. The van der Waals surface area contributed by atoms with Gasteiger partial charge in [0, 0.05) is 11.6 Å². The van der Waals surface area contributed by atoms with Gasteiger partial charge in [-0.2, -0.15) is 0 Å². The van der Waals surface area contributed by atoms with Crippen LogP contribution in [0.2, 0.25) is 0 Å². The van der Waals surface area contributed by atoms with Crippen LogP contribution in [-0.4, -0.2) is 28.6 Å². The van der Waals surface area contributed by atoms with Crippen molar-refractivity contribution < 1.29 is 19.7 Å². The molecule has 162 valence electrons. The number of esters is 1. The van der Waals surface area contributed by atoms with Crippen molar-refractivity contribution in [2.75, 3.05) is 0 Å². The molecule has 1 heterocycles. The third-order valence-corrected chi connectivity index (χ3v) is 8.05. The second kappa shape index (κ2) is 8.39. The summed E-state index contributed by atoms with van der Waals surface area (Å²) in [6.07, 6.45) is 10.1. The van der Waals surface area contributed by atoms with E-state index in [4.69, 9.17) is 4.74 Å². The Morgan fingerprint density at radius 3 is 2.76 bits per heavy atom. The molecule has 0 amide bonds. The molecule has 0 radical (unpaired) electrons. The Bertz CT molecular complexity index is 720. The first-order valence-corrected chi connectivity index (χ1v) is 11.2. The largest absolute Gasteiger partial charge is 0.429 e. The van der Waals surface area contributed by atoms with Crippen molar-refractivity contribution in [3.8, 4) is 0 Å². The lowest BCUT2D eigenvalue weighted by molar-refractivity contribution is -0.152. The summed E-state index contributed by atoms with van der Waals surface area (Å²) in [5, 5.41) is 20.9. The number of ether oxygens (including phenoxy) is 1. The first-order chi connectivity index (χ1) is 13.6. The van der Waals surface area contributed by atoms with E-state index < -0.39 is 18.4 Å². The number of aliphatic hydroxyl groups is 2. The van der Waals surface area contributed by atoms with Gasteiger partial charge in [-0.05, 0) is 74.5 Å². The second-order valence-corrected chi connectivity index (χ2v) is 10.3. The average molecular weight is 403 g/mol. The molecule has 4 nitrogen and oxygen atoms in total. The summed E-state index contributed by atoms with van der Waals surface area (Å²) in [5.74, 6) is 0.288. The molecule has 1 aliphatic heterocycles. The van der Waals surface area contributed by atoms with Gasteiger partial charge in [0.1, 0.15) is 0 Å². The number of hydrogen-bond donors (Lipinski definition) is 2. The normalized spacial score (nSPS) is 38.0. The first-order valence-electron chi connectivity index (χ1n) is 11.2. The van der Waals surface area contributed by atoms with E-state index in [1.165, 1.54) is 37.3 Å². The highest BCUT2D eigenvalue weighted by molar-refractivity contribution is 5.85. The van der Waals surface area contributed by atoms with Crippen molar-refractivity contribution in [2.24, 2.45) is 22.7 Å². The minimum absolute atomic E-state index is 0.0776. The molecule has 3 rings (SSSR count). The number of hydrogen-bond acceptors (Lipinski definition) is 4. The van der Waals surface area contributed by atoms with Crippen LogP contribution in [0.5, 0.6) is 0 Å². The third-order valence-electron chi connectivity index (χ3n) is 8.05. The summed E-state index contributed by atoms with van der Waals surface area (Å²) in [6, 6.07) is 0. The predicted molar refractivity (Wildman–Crippen MR) is 115 cm³/mol. The lowest BCUT2D eigenvalue weighted by Gasteiger charge is -2.54. The van der Waals surface area contributed by atoms with Crippen molar-refractivity contribution in [3.05, 3.63) is 35.5 Å². The van der Waals surface area contributed by atoms with E-state index in [1.54, 1.807) is 5.57 Å². The van der Waals surface area contributed by atoms with Crippen LogP contribution in [0, 0.1) is 22.7 Å². The van der Waals surface area contributed by atoms with Crippen molar-refractivity contribution in [1.82, 2.24) is 0 Å². The van der Waals surface area contributed by atoms with Crippen LogP contribution in [0.25, 0.3) is 0 Å². The maximum Gasteiger partial charge on any atom is 0.333 e. The van der Waals surface area contributed by atoms with Gasteiger partial charge >= 0.3 is 5.97 Å². The molecule has 0 saturated heterocycles. The summed E-state index contributed by atoms with van der Waals surface area (Å²) < 4.78 is 4.79. The maximum atomic E-state index is 11.5. The first kappa shape index (κ1) is 22.3. The van der Waals surface area contributed by atoms with Gasteiger partial charge in [-0.3, -0.25) is 0 Å². The third kappa shape index (κ3) is 4.39. The Labute approximate surface area is 175 Å². The Morgan fingerprint density at radius 1 is 1.41 bits per heavy atom. The minimum Gasteiger partial charge on any atom is -0.429 e. The molecule has 0 aromatic carbocycles. The van der Waals surface area contributed by atoms with E-state index in [9.17, 15) is 15.0 Å². The maximum absolute atomic E-state index is 11.5. The summed E-state index contributed by atoms with van der Waals surface area (Å²) in [7, 11) is 0. The Kier molecular flexibility index (Phi) is 6.45. The quantitative estimate of drug-likeness (QED) is 0.461. The molecule has 1 fully saturated rings. The van der Waals surface area contributed by atoms with Crippen LogP contribution in [0.15, 0.2) is 35.5 Å². The topological polar surface area (TPSA) is 66.8 Å². The highest BCUT2D eigenvalue weighted by Gasteiger charge is 2.50. The highest BCUT2D eigenvalue weighted by atomic mass is 16.6. The Hall–Kier alpha value is -1.39. The fraction of sp³-hybridized carbons (Fsp3) is 0.720. The van der Waals surface area contributed by atoms with E-state index in [1.807, 2.05) is 0 Å². The lowest BCUT2D eigenvalue weighted by Crippen LogP contribution is -2.46. The molecule has 0 aromatic heterocycles. The highest BCUT2D eigenvalue weighted by Crippen LogP contribution is 2.59. The smallest absolute Gasteiger partial charge is 0.333 e. The van der Waals surface area contributed by atoms with Crippen LogP contribution in [-0.2, 0) is 9.53 Å². The monoisotopic (exact) mass is 402 g/mol. The zero-order chi connectivity index (χ0) is 21.4. The van der Waals surface area contributed by atoms with Gasteiger partial charge in [0.25, 0.3) is 0 Å². The average Bonchev–Trinajstić information content (AvgIpc) is 2.97. The van der Waals surface area contributed by atoms with Gasteiger partial charge in [0.15, 0.2) is 0 Å². The Balaban J connectivity index is 1.81. The van der Waals surface area contributed by atoms with E-state index in [0.29, 0.717) is 23.8 Å². The molecular weight excluding hydrogens is 364 g/mol. The number of rotatable bonds is 7. The number of aliphatic hydroxyl groups excluding tert-OH is 2. The number of allylic oxidation sites excluding steroid dienone is 3. The number of carbonyl (C=O) groups is 1. The molecule has 0 bridgehead atoms. The van der Waals surface area contributed by atoms with Gasteiger partial charge in [-0.1, -0.05) is 44.4 Å². The molecule has 0 unspecified atom stereocenters. The summed E-state index contributed by atoms with van der Waals surface area (Å²) in [4.78, 5) is 11.5. The predicted octanol–water partition coefficient (Wildman–Crippen LogP) is 5.06. The molecule has 2 N–H and O–H groups in total. The fourth-order valence-electron chi connectivity index (χ4n) is 6.01. The molecule has 0 spiro atoms. The zero-order valence-electron chi connectivity index (χ0n) is 18.5. The molecule has 0 aromatic rings. The Morgan fingerprint density at radius 2 is 2.14 bits per heavy atom. The molecule has 1 saturated carbocycles. The van der Waals surface area contributed by atoms with Gasteiger partial charge in [0.2, 0.25) is 6.29 Å². The summed E-state index contributed by atoms with van der Waals surface area (Å²) >= 11 is 0. The van der Waals surface area contributed by atoms with Gasteiger partial charge in [0.05, 0.1) is 6.10 Å². The van der Waals surface area contributed by atoms with Crippen LogP contribution in [0.3, 0.4) is 0 Å². The van der Waals surface area contributed by atoms with E-state index >= 15 is 0 Å². The number of cyclic esters (lactones) is 1. The van der Waals surface area contributed by atoms with E-state index in [2.05, 4.69) is 40.3 Å². The van der Waals surface area contributed by atoms with Crippen molar-refractivity contribution >= 4 is 5.97 Å². The standard InChI is InChI=1S/C25H38O4/c1-16(2)8-6-12-24(4)13-7-9-20-19(24)11-10-17(3)25(20,5)15-21(26)18-14-22(27)29-23(18)28/h11,14,17,20-21,23,26,28H,1,6-10,12-13,15H2,2-5H3/t17-,20-,21+,23-,24+,25+/m0/s1. The number of carbonyl (C=O) groups excluding carboxylic acids is 1. The molecule has 29 heavy (non-hydrogen) atoms. The van der Waals surface area contributed by atoms with Gasteiger partial charge in [-0.15, -0.1) is 6.58 Å². The SMILES string of the molecule is C=C(C)CCC[C@]1(C)CCC[C@H]2C1=CC[C@H](C)[C@@]2(C)C[C@@H](O)C1=CC(=O)O[C@@H]1O. The summed E-state index contributed by atoms with van der Waals surface area (Å²) in [6.45, 7) is 13.1. The van der Waals surface area contributed by atoms with Crippen LogP contribution < -0.4 is 0 Å². The van der Waals surface area contributed by atoms with Crippen LogP contribution >= 0.6 is 0 Å². The molecule has 4 heteroatoms. The van der Waals surface area contributed by atoms with E-state index in [-0.39, 0.29) is 10.8 Å². The molecule has 3 aliphatic rings. The van der Waals surface area contributed by atoms with Gasteiger partial charge in [-0.25, -0.2) is 4.79 Å². The minimum atomic E-state index is -1.31. The zero-order valence-corrected chi connectivity index (χ0v) is 18.5. The van der Waals surface area contributed by atoms with Crippen molar-refractivity contribution in [2.45, 2.75) is 91.5 Å². The molecular formula is C25H38O4. The number of fused-ring (bicyclic) bond motifs is 1.